The standard InChI is InChI=1S/C38H41N11O/c39-26-44-38(47-30-10-13-40-14-11-30)42-16-15-41-24-28-22-34-36(43-25-28)37(46-27-45-34)49-20-12-33-32(8-4-9-35(33)49)29-6-3-7-31(23-29)50-21-5-19-48-17-1-2-18-48/h3-4,6-11,13-14,22-23,25,27,41H,1-2,5,12,15-21,24H2,(H2,40,42,44,47). The number of pyridine rings is 2. The van der Waals surface area contributed by atoms with Crippen LogP contribution < -0.4 is 25.6 Å². The monoisotopic (exact) mass is 667 g/mol. The Labute approximate surface area is 292 Å². The minimum atomic E-state index is 0.383. The molecule has 0 bridgehead atoms. The molecule has 7 rings (SSSR count). The number of likely N-dealkylation sites (tertiary alicyclic amines) is 1. The topological polar surface area (TPSA) is 140 Å². The summed E-state index contributed by atoms with van der Waals surface area (Å²) in [6, 6.07) is 20.6. The molecule has 0 radical (unpaired) electrons. The fraction of sp³-hybridized carbons (Fsp3) is 0.316. The third kappa shape index (κ3) is 7.97. The van der Waals surface area contributed by atoms with E-state index in [-0.39, 0.29) is 0 Å². The number of nitriles is 1. The Hall–Kier alpha value is -5.64. The van der Waals surface area contributed by atoms with Gasteiger partial charge in [-0.2, -0.15) is 5.26 Å². The van der Waals surface area contributed by atoms with Gasteiger partial charge in [-0.1, -0.05) is 24.3 Å². The lowest BCUT2D eigenvalue weighted by Gasteiger charge is -2.20. The van der Waals surface area contributed by atoms with Crippen LogP contribution in [-0.4, -0.2) is 76.7 Å². The van der Waals surface area contributed by atoms with E-state index < -0.39 is 0 Å². The quantitative estimate of drug-likeness (QED) is 0.0497. The lowest BCUT2D eigenvalue weighted by molar-refractivity contribution is 0.263. The second-order valence-corrected chi connectivity index (χ2v) is 12.4. The molecule has 0 aliphatic carbocycles. The van der Waals surface area contributed by atoms with E-state index in [2.05, 4.69) is 89.2 Å². The number of hydrogen-bond acceptors (Lipinski definition) is 10. The first-order chi connectivity index (χ1) is 24.7. The molecule has 2 aromatic carbocycles. The second kappa shape index (κ2) is 16.2. The van der Waals surface area contributed by atoms with E-state index in [1.165, 1.54) is 37.1 Å². The molecule has 3 N–H and O–H groups in total. The zero-order valence-corrected chi connectivity index (χ0v) is 28.1. The molecule has 3 aromatic heterocycles. The average molecular weight is 668 g/mol. The highest BCUT2D eigenvalue weighted by Crippen LogP contribution is 2.41. The highest BCUT2D eigenvalue weighted by atomic mass is 16.5. The number of ether oxygens (including phenoxy) is 1. The van der Waals surface area contributed by atoms with Gasteiger partial charge in [-0.25, -0.2) is 9.97 Å². The minimum Gasteiger partial charge on any atom is -0.494 e. The van der Waals surface area contributed by atoms with Crippen LogP contribution in [0, 0.1) is 11.5 Å². The van der Waals surface area contributed by atoms with E-state index >= 15 is 0 Å². The largest absolute Gasteiger partial charge is 0.494 e. The first-order valence-corrected chi connectivity index (χ1v) is 17.3. The first kappa shape index (κ1) is 32.9. The minimum absolute atomic E-state index is 0.383. The molecule has 5 aromatic rings. The predicted molar refractivity (Wildman–Crippen MR) is 196 cm³/mol. The van der Waals surface area contributed by atoms with Gasteiger partial charge in [0.15, 0.2) is 12.0 Å². The maximum Gasteiger partial charge on any atom is 0.209 e. The maximum absolute atomic E-state index is 9.08. The van der Waals surface area contributed by atoms with Crippen LogP contribution in [0.3, 0.4) is 0 Å². The van der Waals surface area contributed by atoms with E-state index in [4.69, 9.17) is 20.0 Å². The first-order valence-electron chi connectivity index (χ1n) is 17.3. The molecule has 0 saturated carbocycles. The van der Waals surface area contributed by atoms with Crippen LogP contribution in [0.15, 0.2) is 90.6 Å². The van der Waals surface area contributed by atoms with Gasteiger partial charge in [0.25, 0.3) is 0 Å². The van der Waals surface area contributed by atoms with Crippen LogP contribution in [0.2, 0.25) is 0 Å². The van der Waals surface area contributed by atoms with Gasteiger partial charge >= 0.3 is 0 Å². The van der Waals surface area contributed by atoms with Gasteiger partial charge in [0.05, 0.1) is 18.7 Å². The number of anilines is 3. The van der Waals surface area contributed by atoms with Crippen molar-refractivity contribution in [3.8, 4) is 23.1 Å². The van der Waals surface area contributed by atoms with Crippen molar-refractivity contribution in [3.63, 3.8) is 0 Å². The van der Waals surface area contributed by atoms with E-state index in [9.17, 15) is 0 Å². The number of nitrogens with one attached hydrogen (secondary N) is 3. The molecular formula is C38H41N11O. The fourth-order valence-electron chi connectivity index (χ4n) is 6.64. The molecule has 12 heteroatoms. The highest BCUT2D eigenvalue weighted by molar-refractivity contribution is 5.94. The molecule has 0 unspecified atom stereocenters. The highest BCUT2D eigenvalue weighted by Gasteiger charge is 2.26. The number of rotatable bonds is 13. The van der Waals surface area contributed by atoms with Crippen molar-refractivity contribution in [1.82, 2.24) is 35.5 Å². The van der Waals surface area contributed by atoms with Gasteiger partial charge in [-0.05, 0) is 97.4 Å². The van der Waals surface area contributed by atoms with E-state index in [1.807, 2.05) is 24.5 Å². The molecule has 1 saturated heterocycles. The van der Waals surface area contributed by atoms with Gasteiger partial charge in [-0.15, -0.1) is 0 Å². The summed E-state index contributed by atoms with van der Waals surface area (Å²) in [6.45, 7) is 6.79. The summed E-state index contributed by atoms with van der Waals surface area (Å²) in [7, 11) is 0. The second-order valence-electron chi connectivity index (χ2n) is 12.4. The summed E-state index contributed by atoms with van der Waals surface area (Å²) >= 11 is 0. The van der Waals surface area contributed by atoms with Gasteiger partial charge < -0.3 is 25.2 Å². The molecule has 2 aliphatic rings. The molecule has 1 fully saturated rings. The molecule has 0 spiro atoms. The SMILES string of the molecule is N#CNC(=NCCNCc1cnc2c(N3CCc4c(-c5cccc(OCCCN6CCCC6)c5)cccc43)ncnc2c1)Nc1ccncc1. The Morgan fingerprint density at radius 2 is 1.86 bits per heavy atom. The fourth-order valence-corrected chi connectivity index (χ4v) is 6.64. The number of guanidine groups is 1. The van der Waals surface area contributed by atoms with Crippen molar-refractivity contribution in [2.75, 3.05) is 56.1 Å². The number of benzene rings is 2. The van der Waals surface area contributed by atoms with Crippen molar-refractivity contribution in [2.45, 2.75) is 32.2 Å². The third-order valence-corrected chi connectivity index (χ3v) is 9.03. The van der Waals surface area contributed by atoms with Crippen molar-refractivity contribution in [1.29, 1.82) is 5.26 Å². The smallest absolute Gasteiger partial charge is 0.209 e. The summed E-state index contributed by atoms with van der Waals surface area (Å²) in [5.41, 5.74) is 8.22. The van der Waals surface area contributed by atoms with Crippen LogP contribution in [0.1, 0.15) is 30.4 Å². The maximum atomic E-state index is 9.08. The lowest BCUT2D eigenvalue weighted by atomic mass is 9.98. The van der Waals surface area contributed by atoms with Crippen molar-refractivity contribution < 1.29 is 4.74 Å². The lowest BCUT2D eigenvalue weighted by Crippen LogP contribution is -2.28. The van der Waals surface area contributed by atoms with Gasteiger partial charge in [0.2, 0.25) is 5.96 Å². The molecule has 50 heavy (non-hydrogen) atoms. The zero-order valence-electron chi connectivity index (χ0n) is 28.1. The summed E-state index contributed by atoms with van der Waals surface area (Å²) in [5.74, 6) is 2.11. The van der Waals surface area contributed by atoms with Gasteiger partial charge in [-0.3, -0.25) is 20.3 Å². The molecule has 0 amide bonds. The Bertz CT molecular complexity index is 1970. The van der Waals surface area contributed by atoms with Crippen LogP contribution >= 0.6 is 0 Å². The third-order valence-electron chi connectivity index (χ3n) is 9.03. The van der Waals surface area contributed by atoms with Crippen LogP contribution in [0.4, 0.5) is 17.2 Å². The zero-order chi connectivity index (χ0) is 34.0. The Balaban J connectivity index is 0.988. The number of fused-ring (bicyclic) bond motifs is 2. The van der Waals surface area contributed by atoms with E-state index in [1.54, 1.807) is 18.7 Å². The number of hydrogen-bond donors (Lipinski definition) is 3. The van der Waals surface area contributed by atoms with Gasteiger partial charge in [0.1, 0.15) is 17.6 Å². The van der Waals surface area contributed by atoms with Crippen LogP contribution in [-0.2, 0) is 13.0 Å². The Kier molecular flexibility index (Phi) is 10.6. The summed E-state index contributed by atoms with van der Waals surface area (Å²) < 4.78 is 6.18. The normalized spacial score (nSPS) is 14.5. The predicted octanol–water partition coefficient (Wildman–Crippen LogP) is 5.27. The Morgan fingerprint density at radius 3 is 2.74 bits per heavy atom. The van der Waals surface area contributed by atoms with E-state index in [0.29, 0.717) is 25.6 Å². The van der Waals surface area contributed by atoms with Crippen LogP contribution in [0.5, 0.6) is 5.75 Å². The molecule has 5 heterocycles. The summed E-state index contributed by atoms with van der Waals surface area (Å²) in [4.78, 5) is 27.4. The number of aromatic nitrogens is 4. The number of aliphatic imine (C=N–C) groups is 1. The molecule has 12 nitrogen and oxygen atoms in total. The molecular weight excluding hydrogens is 626 g/mol. The van der Waals surface area contributed by atoms with Crippen molar-refractivity contribution in [3.05, 3.63) is 96.7 Å². The van der Waals surface area contributed by atoms with Crippen molar-refractivity contribution in [2.24, 2.45) is 4.99 Å². The van der Waals surface area contributed by atoms with Crippen LogP contribution in [0.25, 0.3) is 22.2 Å². The van der Waals surface area contributed by atoms with Gasteiger partial charge in [0, 0.05) is 56.1 Å². The summed E-state index contributed by atoms with van der Waals surface area (Å²) in [6.07, 6.45) is 13.4. The number of nitrogens with zero attached hydrogens (tertiary/aromatic N) is 8. The summed E-state index contributed by atoms with van der Waals surface area (Å²) in [5, 5.41) is 18.2. The average Bonchev–Trinajstić information content (AvgIpc) is 3.84. The van der Waals surface area contributed by atoms with E-state index in [0.717, 1.165) is 77.6 Å². The molecule has 2 aliphatic heterocycles. The Morgan fingerprint density at radius 1 is 0.980 bits per heavy atom. The molecule has 254 valence electrons. The van der Waals surface area contributed by atoms with Crippen molar-refractivity contribution >= 4 is 34.2 Å². The molecule has 0 atom stereocenters.